The number of hydrogen-bond acceptors (Lipinski definition) is 12. The number of aliphatic hydroxyl groups excluding tert-OH is 2. The normalized spacial score (nSPS) is 11.9. The van der Waals surface area contributed by atoms with Crippen LogP contribution in [0.3, 0.4) is 0 Å². The molecule has 2 aromatic rings. The van der Waals surface area contributed by atoms with Crippen LogP contribution in [0, 0.1) is 44.1 Å². The fraction of sp³-hybridized carbons (Fsp3) is 0.531. The molecule has 2 aromatic carbocycles. The molecule has 242 valence electrons. The van der Waals surface area contributed by atoms with Crippen LogP contribution in [0.15, 0.2) is 34.5 Å². The summed E-state index contributed by atoms with van der Waals surface area (Å²) < 4.78 is 11.5. The predicted molar refractivity (Wildman–Crippen MR) is 168 cm³/mol. The zero-order valence-electron chi connectivity index (χ0n) is 26.6. The second-order valence-corrected chi connectivity index (χ2v) is 12.0. The minimum absolute atomic E-state index is 0.0116. The van der Waals surface area contributed by atoms with Crippen molar-refractivity contribution >= 4 is 28.7 Å². The number of carbonyl (C=O) groups excluding carboxylic acids is 1. The van der Waals surface area contributed by atoms with Crippen LogP contribution >= 0.6 is 0 Å². The van der Waals surface area contributed by atoms with Crippen molar-refractivity contribution in [1.82, 2.24) is 0 Å². The number of rotatable bonds is 17. The lowest BCUT2D eigenvalue weighted by atomic mass is 9.84. The molecule has 0 heterocycles. The number of azo groups is 1. The molecule has 0 saturated carbocycles. The number of nitro benzene ring substituents is 1. The van der Waals surface area contributed by atoms with Gasteiger partial charge in [-0.15, -0.1) is 10.2 Å². The molecule has 0 fully saturated rings. The van der Waals surface area contributed by atoms with Gasteiger partial charge in [0, 0.05) is 57.0 Å². The Morgan fingerprint density at radius 3 is 2.04 bits per heavy atom. The lowest BCUT2D eigenvalue weighted by molar-refractivity contribution is -0.384. The largest absolute Gasteiger partial charge is 0.494 e. The maximum absolute atomic E-state index is 13.1. The number of ether oxygens (including phenoxy) is 2. The maximum atomic E-state index is 13.1. The fourth-order valence-corrected chi connectivity index (χ4v) is 4.96. The van der Waals surface area contributed by atoms with E-state index < -0.39 is 16.6 Å². The van der Waals surface area contributed by atoms with E-state index in [0.29, 0.717) is 50.2 Å². The van der Waals surface area contributed by atoms with Crippen LogP contribution in [-0.4, -0.2) is 54.5 Å². The van der Waals surface area contributed by atoms with Crippen molar-refractivity contribution in [2.24, 2.45) is 21.6 Å². The molecule has 45 heavy (non-hydrogen) atoms. The Morgan fingerprint density at radius 2 is 1.58 bits per heavy atom. The Balaban J connectivity index is 2.66. The average molecular weight is 623 g/mol. The van der Waals surface area contributed by atoms with E-state index in [9.17, 15) is 35.6 Å². The first-order valence-corrected chi connectivity index (χ1v) is 14.8. The number of carbonyl (C=O) groups is 1. The van der Waals surface area contributed by atoms with Gasteiger partial charge in [0.25, 0.3) is 5.69 Å². The second kappa shape index (κ2) is 17.6. The minimum atomic E-state index is -0.711. The van der Waals surface area contributed by atoms with Gasteiger partial charge in [-0.2, -0.15) is 10.5 Å². The third-order valence-corrected chi connectivity index (χ3v) is 6.78. The first-order chi connectivity index (χ1) is 21.4. The van der Waals surface area contributed by atoms with Crippen LogP contribution in [0.4, 0.5) is 22.7 Å². The van der Waals surface area contributed by atoms with Gasteiger partial charge in [0.15, 0.2) is 5.75 Å². The smallest absolute Gasteiger partial charge is 0.311 e. The molecule has 2 rings (SSSR count). The topological polar surface area (TPSA) is 195 Å². The molecular weight excluding hydrogens is 580 g/mol. The Labute approximate surface area is 263 Å². The average Bonchev–Trinajstić information content (AvgIpc) is 2.98. The highest BCUT2D eigenvalue weighted by Crippen LogP contribution is 2.42. The SMILES string of the molecule is COc1cc(/N=N/c2c(C#N)cc([N+](=O)[O-])cc2C#N)c(OC(=O)CC(C)CC(C)(C)C)cc1N(CCCCO)CCCCO. The lowest BCUT2D eigenvalue weighted by Gasteiger charge is -2.27. The fourth-order valence-electron chi connectivity index (χ4n) is 4.96. The zero-order valence-corrected chi connectivity index (χ0v) is 26.6. The second-order valence-electron chi connectivity index (χ2n) is 12.0. The van der Waals surface area contributed by atoms with Crippen LogP contribution in [0.1, 0.15) is 77.3 Å². The summed E-state index contributed by atoms with van der Waals surface area (Å²) in [6.45, 7) is 9.43. The summed E-state index contributed by atoms with van der Waals surface area (Å²) in [5.74, 6) is -0.0132. The van der Waals surface area contributed by atoms with Crippen LogP contribution < -0.4 is 14.4 Å². The van der Waals surface area contributed by atoms with Crippen molar-refractivity contribution in [2.75, 3.05) is 38.3 Å². The molecular formula is C32H42N6O7. The van der Waals surface area contributed by atoms with Gasteiger partial charge in [-0.3, -0.25) is 14.9 Å². The van der Waals surface area contributed by atoms with Crippen molar-refractivity contribution in [1.29, 1.82) is 10.5 Å². The van der Waals surface area contributed by atoms with Gasteiger partial charge in [0.05, 0.1) is 28.8 Å². The van der Waals surface area contributed by atoms with Crippen molar-refractivity contribution in [3.8, 4) is 23.6 Å². The molecule has 13 heteroatoms. The molecule has 0 saturated heterocycles. The monoisotopic (exact) mass is 622 g/mol. The van der Waals surface area contributed by atoms with Gasteiger partial charge in [-0.05, 0) is 43.4 Å². The number of nitro groups is 1. The molecule has 0 spiro atoms. The van der Waals surface area contributed by atoms with E-state index >= 15 is 0 Å². The van der Waals surface area contributed by atoms with E-state index in [4.69, 9.17) is 9.47 Å². The Kier molecular flexibility index (Phi) is 14.3. The van der Waals surface area contributed by atoms with E-state index in [1.165, 1.54) is 13.2 Å². The molecule has 1 unspecified atom stereocenters. The number of anilines is 1. The standard InChI is InChI=1S/C32H42N6O7/c1-22(19-32(2,3)4)14-30(41)45-28-18-27(37(10-6-8-12-39)11-7-9-13-40)29(44-5)17-26(28)35-36-31-23(20-33)15-25(38(42)43)16-24(31)21-34/h15-18,22,39-40H,6-14,19H2,1-5H3/b36-35+. The number of non-ortho nitro benzene ring substituents is 1. The van der Waals surface area contributed by atoms with E-state index in [0.717, 1.165) is 18.6 Å². The van der Waals surface area contributed by atoms with Crippen molar-refractivity contribution in [2.45, 2.75) is 66.2 Å². The lowest BCUT2D eigenvalue weighted by Crippen LogP contribution is -2.26. The molecule has 0 aliphatic rings. The summed E-state index contributed by atoms with van der Waals surface area (Å²) in [5, 5.41) is 57.5. The number of nitriles is 2. The molecule has 0 radical (unpaired) electrons. The molecule has 1 atom stereocenters. The molecule has 0 aliphatic carbocycles. The first kappa shape index (κ1) is 36.6. The van der Waals surface area contributed by atoms with Gasteiger partial charge in [-0.25, -0.2) is 0 Å². The van der Waals surface area contributed by atoms with Crippen molar-refractivity contribution in [3.05, 3.63) is 45.5 Å². The minimum Gasteiger partial charge on any atom is -0.494 e. The summed E-state index contributed by atoms with van der Waals surface area (Å²) >= 11 is 0. The Hall–Kier alpha value is -4.59. The molecule has 0 aromatic heterocycles. The van der Waals surface area contributed by atoms with Crippen LogP contribution in [0.5, 0.6) is 11.5 Å². The highest BCUT2D eigenvalue weighted by Gasteiger charge is 2.23. The summed E-state index contributed by atoms with van der Waals surface area (Å²) in [4.78, 5) is 25.7. The number of unbranched alkanes of at least 4 members (excludes halogenated alkanes) is 2. The molecule has 0 bridgehead atoms. The highest BCUT2D eigenvalue weighted by molar-refractivity contribution is 5.78. The van der Waals surface area contributed by atoms with E-state index in [1.807, 2.05) is 24.0 Å². The highest BCUT2D eigenvalue weighted by atomic mass is 16.6. The van der Waals surface area contributed by atoms with E-state index in [-0.39, 0.29) is 59.2 Å². The number of hydrogen-bond donors (Lipinski definition) is 2. The van der Waals surface area contributed by atoms with E-state index in [2.05, 4.69) is 31.0 Å². The Morgan fingerprint density at radius 1 is 1.00 bits per heavy atom. The van der Waals surface area contributed by atoms with Crippen LogP contribution in [0.2, 0.25) is 0 Å². The summed E-state index contributed by atoms with van der Waals surface area (Å²) in [5.41, 5.74) is -0.359. The van der Waals surface area contributed by atoms with Crippen LogP contribution in [-0.2, 0) is 4.79 Å². The third-order valence-electron chi connectivity index (χ3n) is 6.78. The van der Waals surface area contributed by atoms with Crippen molar-refractivity contribution < 1.29 is 29.4 Å². The molecule has 13 nitrogen and oxygen atoms in total. The number of methoxy groups -OCH3 is 1. The van der Waals surface area contributed by atoms with Crippen molar-refractivity contribution in [3.63, 3.8) is 0 Å². The zero-order chi connectivity index (χ0) is 33.6. The summed E-state index contributed by atoms with van der Waals surface area (Å²) in [6, 6.07) is 8.80. The molecule has 0 amide bonds. The summed E-state index contributed by atoms with van der Waals surface area (Å²) in [6.07, 6.45) is 3.44. The summed E-state index contributed by atoms with van der Waals surface area (Å²) in [7, 11) is 1.47. The predicted octanol–water partition coefficient (Wildman–Crippen LogP) is 6.48. The number of aliphatic hydroxyl groups is 2. The van der Waals surface area contributed by atoms with Gasteiger partial charge < -0.3 is 24.6 Å². The quantitative estimate of drug-likeness (QED) is 0.0492. The van der Waals surface area contributed by atoms with Gasteiger partial charge in [-0.1, -0.05) is 27.7 Å². The van der Waals surface area contributed by atoms with Gasteiger partial charge in [0.2, 0.25) is 0 Å². The first-order valence-electron chi connectivity index (χ1n) is 14.8. The number of esters is 1. The molecule has 0 aliphatic heterocycles. The maximum Gasteiger partial charge on any atom is 0.311 e. The third kappa shape index (κ3) is 11.4. The van der Waals surface area contributed by atoms with Gasteiger partial charge in [0.1, 0.15) is 29.3 Å². The number of benzene rings is 2. The Bertz CT molecular complexity index is 1390. The molecule has 2 N–H and O–H groups in total. The van der Waals surface area contributed by atoms with Crippen LogP contribution in [0.25, 0.3) is 0 Å². The van der Waals surface area contributed by atoms with Gasteiger partial charge >= 0.3 is 5.97 Å². The number of nitrogens with zero attached hydrogens (tertiary/aromatic N) is 6. The van der Waals surface area contributed by atoms with E-state index in [1.54, 1.807) is 6.07 Å².